The van der Waals surface area contributed by atoms with Gasteiger partial charge in [-0.2, -0.15) is 0 Å². The Kier molecular flexibility index (Phi) is 8.26. The molecule has 1 N–H and O–H groups in total. The van der Waals surface area contributed by atoms with Crippen molar-refractivity contribution in [3.8, 4) is 5.69 Å². The number of nitrogens with one attached hydrogen (secondary N) is 1. The van der Waals surface area contributed by atoms with Gasteiger partial charge in [0.15, 0.2) is 0 Å². The van der Waals surface area contributed by atoms with Crippen LogP contribution < -0.4 is 5.32 Å². The second-order valence-electron chi connectivity index (χ2n) is 6.83. The number of piperazine rings is 1. The number of carbonyl (C=O) groups is 1. The van der Waals surface area contributed by atoms with Crippen LogP contribution in [0.4, 0.5) is 0 Å². The standard InChI is InChI=1S/C22H24N4O.2ClH/c1-2-17-6-8-18(9-7-17)21-15-23-11-13-26(21)22(27)19-4-3-5-20(14-19)25-12-10-24-16-25;;/h3-10,12,14,16,21,23H,2,11,13,15H2,1H3;2*1H. The van der Waals surface area contributed by atoms with Crippen molar-refractivity contribution >= 4 is 30.7 Å². The van der Waals surface area contributed by atoms with E-state index >= 15 is 0 Å². The number of aryl methyl sites for hydroxylation is 1. The number of carbonyl (C=O) groups excluding carboxylic acids is 1. The number of halogens is 2. The second-order valence-corrected chi connectivity index (χ2v) is 6.83. The maximum absolute atomic E-state index is 13.3. The molecule has 0 spiro atoms. The normalized spacial score (nSPS) is 15.9. The van der Waals surface area contributed by atoms with E-state index in [2.05, 4.69) is 41.5 Å². The molecule has 7 heteroatoms. The molecule has 1 amide bonds. The molecule has 0 aliphatic carbocycles. The molecule has 0 radical (unpaired) electrons. The number of imidazole rings is 1. The molecule has 0 saturated carbocycles. The maximum Gasteiger partial charge on any atom is 0.254 e. The smallest absolute Gasteiger partial charge is 0.254 e. The van der Waals surface area contributed by atoms with Crippen LogP contribution in [0.5, 0.6) is 0 Å². The third-order valence-corrected chi connectivity index (χ3v) is 5.17. The van der Waals surface area contributed by atoms with Crippen LogP contribution in [-0.2, 0) is 6.42 Å². The van der Waals surface area contributed by atoms with Crippen LogP contribution in [0, 0.1) is 0 Å². The topological polar surface area (TPSA) is 50.2 Å². The van der Waals surface area contributed by atoms with Crippen molar-refractivity contribution in [2.45, 2.75) is 19.4 Å². The highest BCUT2D eigenvalue weighted by Gasteiger charge is 2.28. The summed E-state index contributed by atoms with van der Waals surface area (Å²) < 4.78 is 1.91. The van der Waals surface area contributed by atoms with Gasteiger partial charge < -0.3 is 14.8 Å². The molecule has 1 atom stereocenters. The van der Waals surface area contributed by atoms with Gasteiger partial charge in [-0.05, 0) is 35.7 Å². The Morgan fingerprint density at radius 3 is 2.66 bits per heavy atom. The molecule has 29 heavy (non-hydrogen) atoms. The lowest BCUT2D eigenvalue weighted by atomic mass is 10.00. The maximum atomic E-state index is 13.3. The second kappa shape index (κ2) is 10.4. The Labute approximate surface area is 184 Å². The van der Waals surface area contributed by atoms with Crippen molar-refractivity contribution in [2.75, 3.05) is 19.6 Å². The first-order valence-corrected chi connectivity index (χ1v) is 9.45. The monoisotopic (exact) mass is 432 g/mol. The predicted molar refractivity (Wildman–Crippen MR) is 121 cm³/mol. The van der Waals surface area contributed by atoms with E-state index in [4.69, 9.17) is 0 Å². The zero-order valence-corrected chi connectivity index (χ0v) is 18.0. The summed E-state index contributed by atoms with van der Waals surface area (Å²) in [6.07, 6.45) is 6.38. The zero-order valence-electron chi connectivity index (χ0n) is 16.3. The van der Waals surface area contributed by atoms with Crippen LogP contribution in [0.1, 0.15) is 34.5 Å². The van der Waals surface area contributed by atoms with Gasteiger partial charge in [0.2, 0.25) is 0 Å². The van der Waals surface area contributed by atoms with Crippen molar-refractivity contribution in [1.29, 1.82) is 0 Å². The van der Waals surface area contributed by atoms with E-state index in [9.17, 15) is 4.79 Å². The van der Waals surface area contributed by atoms with E-state index in [1.54, 1.807) is 12.5 Å². The van der Waals surface area contributed by atoms with Gasteiger partial charge in [-0.1, -0.05) is 37.3 Å². The number of hydrogen-bond acceptors (Lipinski definition) is 3. The molecule has 1 unspecified atom stereocenters. The third-order valence-electron chi connectivity index (χ3n) is 5.17. The fraction of sp³-hybridized carbons (Fsp3) is 0.273. The number of benzene rings is 2. The van der Waals surface area contributed by atoms with E-state index in [-0.39, 0.29) is 36.8 Å². The van der Waals surface area contributed by atoms with Crippen LogP contribution in [0.2, 0.25) is 0 Å². The summed E-state index contributed by atoms with van der Waals surface area (Å²) in [5.41, 5.74) is 4.14. The summed E-state index contributed by atoms with van der Waals surface area (Å²) in [7, 11) is 0. The average molecular weight is 433 g/mol. The van der Waals surface area contributed by atoms with E-state index in [1.807, 2.05) is 39.9 Å². The van der Waals surface area contributed by atoms with Gasteiger partial charge in [0.05, 0.1) is 12.4 Å². The molecular weight excluding hydrogens is 407 g/mol. The van der Waals surface area contributed by atoms with Crippen molar-refractivity contribution < 1.29 is 4.79 Å². The van der Waals surface area contributed by atoms with Crippen LogP contribution in [-0.4, -0.2) is 40.0 Å². The molecule has 5 nitrogen and oxygen atoms in total. The molecular formula is C22H26Cl2N4O. The van der Waals surface area contributed by atoms with E-state index in [0.29, 0.717) is 12.1 Å². The minimum absolute atomic E-state index is 0. The van der Waals surface area contributed by atoms with Gasteiger partial charge in [-0.25, -0.2) is 4.98 Å². The van der Waals surface area contributed by atoms with E-state index in [1.165, 1.54) is 11.1 Å². The highest BCUT2D eigenvalue weighted by Crippen LogP contribution is 2.25. The Morgan fingerprint density at radius 2 is 1.97 bits per heavy atom. The lowest BCUT2D eigenvalue weighted by molar-refractivity contribution is 0.0634. The highest BCUT2D eigenvalue weighted by atomic mass is 35.5. The SMILES string of the molecule is CCc1ccc(C2CNCCN2C(=O)c2cccc(-n3ccnc3)c2)cc1.Cl.Cl. The van der Waals surface area contributed by atoms with Crippen LogP contribution in [0.15, 0.2) is 67.3 Å². The molecule has 1 aliphatic rings. The fourth-order valence-electron chi connectivity index (χ4n) is 3.60. The highest BCUT2D eigenvalue weighted by molar-refractivity contribution is 5.95. The first-order valence-electron chi connectivity index (χ1n) is 9.45. The van der Waals surface area contributed by atoms with Gasteiger partial charge in [-0.3, -0.25) is 4.79 Å². The molecule has 1 fully saturated rings. The predicted octanol–water partition coefficient (Wildman–Crippen LogP) is 4.07. The van der Waals surface area contributed by atoms with E-state index < -0.39 is 0 Å². The summed E-state index contributed by atoms with van der Waals surface area (Å²) in [6, 6.07) is 16.4. The first-order chi connectivity index (χ1) is 13.3. The Bertz CT molecular complexity index is 913. The van der Waals surface area contributed by atoms with Crippen molar-refractivity contribution in [1.82, 2.24) is 19.8 Å². The Balaban J connectivity index is 0.00000150. The number of amides is 1. The van der Waals surface area contributed by atoms with Gasteiger partial charge in [0.25, 0.3) is 5.91 Å². The van der Waals surface area contributed by atoms with Gasteiger partial charge in [0, 0.05) is 43.3 Å². The van der Waals surface area contributed by atoms with Gasteiger partial charge in [-0.15, -0.1) is 24.8 Å². The van der Waals surface area contributed by atoms with Crippen LogP contribution in [0.3, 0.4) is 0 Å². The average Bonchev–Trinajstić information content (AvgIpc) is 3.28. The largest absolute Gasteiger partial charge is 0.329 e. The molecule has 4 rings (SSSR count). The number of aromatic nitrogens is 2. The van der Waals surface area contributed by atoms with E-state index in [0.717, 1.165) is 25.2 Å². The number of rotatable bonds is 4. The Morgan fingerprint density at radius 1 is 1.17 bits per heavy atom. The minimum atomic E-state index is 0. The summed E-state index contributed by atoms with van der Waals surface area (Å²) in [4.78, 5) is 19.4. The Hall–Kier alpha value is -2.34. The number of nitrogens with zero attached hydrogens (tertiary/aromatic N) is 3. The molecule has 1 saturated heterocycles. The van der Waals surface area contributed by atoms with Crippen molar-refractivity contribution in [2.24, 2.45) is 0 Å². The molecule has 2 aromatic carbocycles. The summed E-state index contributed by atoms with van der Waals surface area (Å²) in [5, 5.41) is 3.43. The van der Waals surface area contributed by atoms with Crippen LogP contribution in [0.25, 0.3) is 5.69 Å². The molecule has 1 aliphatic heterocycles. The quantitative estimate of drug-likeness (QED) is 0.675. The first kappa shape index (κ1) is 22.9. The molecule has 0 bridgehead atoms. The molecule has 3 aromatic rings. The zero-order chi connectivity index (χ0) is 18.6. The summed E-state index contributed by atoms with van der Waals surface area (Å²) >= 11 is 0. The number of hydrogen-bond donors (Lipinski definition) is 1. The lowest BCUT2D eigenvalue weighted by Gasteiger charge is -2.36. The van der Waals surface area contributed by atoms with Gasteiger partial charge >= 0.3 is 0 Å². The lowest BCUT2D eigenvalue weighted by Crippen LogP contribution is -2.48. The fourth-order valence-corrected chi connectivity index (χ4v) is 3.60. The minimum Gasteiger partial charge on any atom is -0.329 e. The van der Waals surface area contributed by atoms with Crippen molar-refractivity contribution in [3.63, 3.8) is 0 Å². The summed E-state index contributed by atoms with van der Waals surface area (Å²) in [5.74, 6) is 0.0723. The van der Waals surface area contributed by atoms with Crippen LogP contribution >= 0.6 is 24.8 Å². The van der Waals surface area contributed by atoms with Gasteiger partial charge in [0.1, 0.15) is 0 Å². The van der Waals surface area contributed by atoms with Crippen molar-refractivity contribution in [3.05, 3.63) is 83.9 Å². The molecule has 1 aromatic heterocycles. The third kappa shape index (κ3) is 4.99. The summed E-state index contributed by atoms with van der Waals surface area (Å²) in [6.45, 7) is 4.45. The molecule has 154 valence electrons. The molecule has 2 heterocycles.